The monoisotopic (exact) mass is 277 g/mol. The smallest absolute Gasteiger partial charge is 0.239 e. The lowest BCUT2D eigenvalue weighted by Crippen LogP contribution is -2.52. The molecule has 0 aliphatic carbocycles. The molecule has 2 rings (SSSR count). The molecule has 110 valence electrons. The van der Waals surface area contributed by atoms with Crippen LogP contribution in [0.1, 0.15) is 26.2 Å². The van der Waals surface area contributed by atoms with Gasteiger partial charge in [-0.25, -0.2) is 0 Å². The molecular formula is C14H23N5O. The van der Waals surface area contributed by atoms with E-state index in [2.05, 4.69) is 15.1 Å². The summed E-state index contributed by atoms with van der Waals surface area (Å²) in [7, 11) is 1.85. The van der Waals surface area contributed by atoms with Crippen LogP contribution in [-0.2, 0) is 4.79 Å². The van der Waals surface area contributed by atoms with Crippen molar-refractivity contribution in [3.63, 3.8) is 0 Å². The molecule has 1 unspecified atom stereocenters. The highest BCUT2D eigenvalue weighted by atomic mass is 16.2. The Bertz CT molecular complexity index is 438. The number of anilines is 1. The van der Waals surface area contributed by atoms with Gasteiger partial charge in [0.05, 0.1) is 6.04 Å². The first-order valence-electron chi connectivity index (χ1n) is 7.18. The molecule has 1 aliphatic heterocycles. The van der Waals surface area contributed by atoms with Crippen LogP contribution in [0.2, 0.25) is 0 Å². The summed E-state index contributed by atoms with van der Waals surface area (Å²) in [5, 5.41) is 8.05. The Labute approximate surface area is 120 Å². The van der Waals surface area contributed by atoms with Gasteiger partial charge < -0.3 is 15.5 Å². The summed E-state index contributed by atoms with van der Waals surface area (Å²) in [6.45, 7) is 3.68. The Morgan fingerprint density at radius 1 is 1.65 bits per heavy atom. The molecule has 0 aromatic carbocycles. The molecule has 1 aromatic rings. The molecule has 20 heavy (non-hydrogen) atoms. The standard InChI is InChI=1S/C14H23N5O/c1-3-12(15)14(20)18(2)11-6-5-9-19(10-11)13-7-4-8-16-17-13/h4,7-8,11-12H,3,5-6,9-10,15H2,1-2H3/t11?,12-/m0/s1. The number of carbonyl (C=O) groups is 1. The van der Waals surface area contributed by atoms with E-state index in [1.54, 1.807) is 11.1 Å². The van der Waals surface area contributed by atoms with Gasteiger partial charge in [0.15, 0.2) is 5.82 Å². The predicted molar refractivity (Wildman–Crippen MR) is 78.3 cm³/mol. The Hall–Kier alpha value is -1.69. The second kappa shape index (κ2) is 6.65. The molecule has 2 atom stereocenters. The maximum absolute atomic E-state index is 12.2. The topological polar surface area (TPSA) is 75.4 Å². The highest BCUT2D eigenvalue weighted by Crippen LogP contribution is 2.20. The van der Waals surface area contributed by atoms with Gasteiger partial charge in [-0.05, 0) is 31.4 Å². The first kappa shape index (κ1) is 14.7. The van der Waals surface area contributed by atoms with Crippen molar-refractivity contribution in [3.8, 4) is 0 Å². The van der Waals surface area contributed by atoms with E-state index < -0.39 is 6.04 Å². The third-order valence-corrected chi connectivity index (χ3v) is 3.93. The third-order valence-electron chi connectivity index (χ3n) is 3.93. The van der Waals surface area contributed by atoms with E-state index in [4.69, 9.17) is 5.73 Å². The maximum Gasteiger partial charge on any atom is 0.239 e. The molecular weight excluding hydrogens is 254 g/mol. The van der Waals surface area contributed by atoms with Gasteiger partial charge in [-0.3, -0.25) is 4.79 Å². The minimum Gasteiger partial charge on any atom is -0.353 e. The van der Waals surface area contributed by atoms with Crippen molar-refractivity contribution in [2.45, 2.75) is 38.3 Å². The zero-order valence-corrected chi connectivity index (χ0v) is 12.2. The van der Waals surface area contributed by atoms with Gasteiger partial charge in [0.1, 0.15) is 0 Å². The summed E-state index contributed by atoms with van der Waals surface area (Å²) in [5.74, 6) is 0.899. The minimum absolute atomic E-state index is 0.0264. The average molecular weight is 277 g/mol. The van der Waals surface area contributed by atoms with Crippen molar-refractivity contribution in [3.05, 3.63) is 18.3 Å². The molecule has 6 nitrogen and oxygen atoms in total. The van der Waals surface area contributed by atoms with E-state index in [1.165, 1.54) is 0 Å². The lowest BCUT2D eigenvalue weighted by atomic mass is 10.0. The summed E-state index contributed by atoms with van der Waals surface area (Å²) < 4.78 is 0. The molecule has 1 aliphatic rings. The number of likely N-dealkylation sites (N-methyl/N-ethyl adjacent to an activating group) is 1. The fourth-order valence-electron chi connectivity index (χ4n) is 2.56. The zero-order valence-electron chi connectivity index (χ0n) is 12.2. The number of amides is 1. The molecule has 6 heteroatoms. The van der Waals surface area contributed by atoms with Crippen LogP contribution in [0.15, 0.2) is 18.3 Å². The van der Waals surface area contributed by atoms with Crippen LogP contribution >= 0.6 is 0 Å². The quantitative estimate of drug-likeness (QED) is 0.874. The molecule has 0 spiro atoms. The normalized spacial score (nSPS) is 20.6. The van der Waals surface area contributed by atoms with Crippen LogP contribution < -0.4 is 10.6 Å². The summed E-state index contributed by atoms with van der Waals surface area (Å²) in [5.41, 5.74) is 5.84. The molecule has 1 saturated heterocycles. The van der Waals surface area contributed by atoms with Crippen LogP contribution in [0.3, 0.4) is 0 Å². The number of hydrogen-bond acceptors (Lipinski definition) is 5. The number of aromatic nitrogens is 2. The molecule has 0 bridgehead atoms. The SMILES string of the molecule is CC[C@H](N)C(=O)N(C)C1CCCN(c2cccnn2)C1. The van der Waals surface area contributed by atoms with Crippen LogP contribution in [0.4, 0.5) is 5.82 Å². The highest BCUT2D eigenvalue weighted by molar-refractivity contribution is 5.81. The van der Waals surface area contributed by atoms with E-state index in [0.717, 1.165) is 31.7 Å². The minimum atomic E-state index is -0.396. The van der Waals surface area contributed by atoms with Crippen molar-refractivity contribution >= 4 is 11.7 Å². The van der Waals surface area contributed by atoms with E-state index in [0.29, 0.717) is 6.42 Å². The van der Waals surface area contributed by atoms with Crippen molar-refractivity contribution < 1.29 is 4.79 Å². The Morgan fingerprint density at radius 3 is 3.10 bits per heavy atom. The first-order chi connectivity index (χ1) is 9.63. The molecule has 0 saturated carbocycles. The van der Waals surface area contributed by atoms with E-state index in [9.17, 15) is 4.79 Å². The Balaban J connectivity index is 2.02. The lowest BCUT2D eigenvalue weighted by molar-refractivity contribution is -0.133. The molecule has 0 radical (unpaired) electrons. The summed E-state index contributed by atoms with van der Waals surface area (Å²) >= 11 is 0. The molecule has 1 fully saturated rings. The van der Waals surface area contributed by atoms with Crippen LogP contribution in [0.25, 0.3) is 0 Å². The predicted octanol–water partition coefficient (Wildman–Crippen LogP) is 0.641. The highest BCUT2D eigenvalue weighted by Gasteiger charge is 2.28. The second-order valence-corrected chi connectivity index (χ2v) is 5.29. The van der Waals surface area contributed by atoms with Gasteiger partial charge in [0, 0.05) is 32.4 Å². The van der Waals surface area contributed by atoms with Crippen molar-refractivity contribution in [2.24, 2.45) is 5.73 Å². The number of rotatable bonds is 4. The molecule has 2 N–H and O–H groups in total. The Morgan fingerprint density at radius 2 is 2.45 bits per heavy atom. The number of nitrogens with zero attached hydrogens (tertiary/aromatic N) is 4. The third kappa shape index (κ3) is 3.25. The fraction of sp³-hybridized carbons (Fsp3) is 0.643. The van der Waals surface area contributed by atoms with E-state index >= 15 is 0 Å². The van der Waals surface area contributed by atoms with Crippen molar-refractivity contribution in [1.82, 2.24) is 15.1 Å². The number of hydrogen-bond donors (Lipinski definition) is 1. The Kier molecular flexibility index (Phi) is 4.89. The van der Waals surface area contributed by atoms with Crippen LogP contribution in [-0.4, -0.2) is 53.2 Å². The average Bonchev–Trinajstić information content (AvgIpc) is 2.53. The summed E-state index contributed by atoms with van der Waals surface area (Å²) in [6.07, 6.45) is 4.39. The first-order valence-corrected chi connectivity index (χ1v) is 7.18. The molecule has 1 amide bonds. The second-order valence-electron chi connectivity index (χ2n) is 5.29. The summed E-state index contributed by atoms with van der Waals surface area (Å²) in [6, 6.07) is 3.63. The van der Waals surface area contributed by atoms with Gasteiger partial charge in [-0.1, -0.05) is 6.92 Å². The van der Waals surface area contributed by atoms with Gasteiger partial charge in [0.2, 0.25) is 5.91 Å². The van der Waals surface area contributed by atoms with Gasteiger partial charge >= 0.3 is 0 Å². The van der Waals surface area contributed by atoms with Gasteiger partial charge in [0.25, 0.3) is 0 Å². The van der Waals surface area contributed by atoms with E-state index in [-0.39, 0.29) is 11.9 Å². The number of nitrogens with two attached hydrogens (primary N) is 1. The lowest BCUT2D eigenvalue weighted by Gasteiger charge is -2.38. The van der Waals surface area contributed by atoms with Crippen LogP contribution in [0.5, 0.6) is 0 Å². The van der Waals surface area contributed by atoms with Crippen molar-refractivity contribution in [1.29, 1.82) is 0 Å². The number of carbonyl (C=O) groups excluding carboxylic acids is 1. The van der Waals surface area contributed by atoms with Gasteiger partial charge in [-0.2, -0.15) is 5.10 Å². The van der Waals surface area contributed by atoms with Gasteiger partial charge in [-0.15, -0.1) is 5.10 Å². The summed E-state index contributed by atoms with van der Waals surface area (Å²) in [4.78, 5) is 16.2. The molecule has 2 heterocycles. The number of piperidine rings is 1. The van der Waals surface area contributed by atoms with Crippen molar-refractivity contribution in [2.75, 3.05) is 25.0 Å². The zero-order chi connectivity index (χ0) is 14.5. The fourth-order valence-corrected chi connectivity index (χ4v) is 2.56. The largest absolute Gasteiger partial charge is 0.353 e. The molecule has 1 aromatic heterocycles. The van der Waals surface area contributed by atoms with E-state index in [1.807, 2.05) is 26.1 Å². The maximum atomic E-state index is 12.2. The van der Waals surface area contributed by atoms with Crippen LogP contribution in [0, 0.1) is 0 Å².